The fourth-order valence-corrected chi connectivity index (χ4v) is 3.55. The first kappa shape index (κ1) is 33.3. The van der Waals surface area contributed by atoms with Gasteiger partial charge in [-0.15, -0.1) is 0 Å². The Morgan fingerprint density at radius 3 is 1.13 bits per heavy atom. The maximum Gasteiger partial charge on any atom is 0.324 e. The molecule has 0 saturated heterocycles. The van der Waals surface area contributed by atoms with Crippen LogP contribution in [0.5, 0.6) is 0 Å². The number of nitrogens with zero attached hydrogens (tertiary/aromatic N) is 9. The van der Waals surface area contributed by atoms with Gasteiger partial charge in [-0.2, -0.15) is 30.2 Å². The Bertz CT molecular complexity index is 1250. The molecule has 0 aromatic carbocycles. The topological polar surface area (TPSA) is 304 Å². The van der Waals surface area contributed by atoms with Gasteiger partial charge in [-0.25, -0.2) is 39.3 Å². The van der Waals surface area contributed by atoms with E-state index in [1.54, 1.807) is 0 Å². The van der Waals surface area contributed by atoms with Crippen LogP contribution < -0.4 is 37.2 Å². The number of rotatable bonds is 15. The SMILES string of the molecule is CNC(=O)NCCN(CCN(CCN(CCNC(=O)NC)C(=O)Nc1ncn[nH]1)C(=O)Nc1ncn[nH]1)C(=O)Nc1ncn[nH]1. The van der Waals surface area contributed by atoms with Crippen LogP contribution in [0.2, 0.25) is 0 Å². The molecule has 45 heavy (non-hydrogen) atoms. The van der Waals surface area contributed by atoms with E-state index in [2.05, 4.69) is 82.8 Å². The van der Waals surface area contributed by atoms with Crippen LogP contribution in [-0.4, -0.2) is 157 Å². The van der Waals surface area contributed by atoms with E-state index in [1.165, 1.54) is 47.8 Å². The summed E-state index contributed by atoms with van der Waals surface area (Å²) in [5, 5.41) is 36.4. The number of hydrogen-bond donors (Lipinski definition) is 10. The highest BCUT2D eigenvalue weighted by Crippen LogP contribution is 2.05. The quantitative estimate of drug-likeness (QED) is 0.0856. The second kappa shape index (κ2) is 17.7. The Labute approximate surface area is 255 Å². The van der Waals surface area contributed by atoms with Crippen molar-refractivity contribution < 1.29 is 24.0 Å². The number of aromatic amines is 3. The minimum Gasteiger partial charge on any atom is -0.341 e. The largest absolute Gasteiger partial charge is 0.341 e. The standard InChI is InChI=1S/C21H35N19O5/c1-22-17(41)24-3-5-38(19(43)32-14-26-11-29-35-14)7-9-40(21(45)34-16-28-13-31-37-16)10-8-39(6-4-25-18(42)23-2)20(44)33-15-27-12-30-36-15/h11-13H,3-10H2,1-2H3,(H2,22,24,41)(H2,23,25,42)(H2,26,29,32,35,43)(H2,27,30,33,36,44)(H2,28,31,34,37,45). The molecule has 0 radical (unpaired) electrons. The van der Waals surface area contributed by atoms with E-state index in [9.17, 15) is 24.0 Å². The number of H-pyrrole nitrogens is 3. The van der Waals surface area contributed by atoms with Crippen LogP contribution >= 0.6 is 0 Å². The number of amides is 10. The summed E-state index contributed by atoms with van der Waals surface area (Å²) in [7, 11) is 2.91. The third-order valence-electron chi connectivity index (χ3n) is 5.85. The third kappa shape index (κ3) is 11.5. The number of nitrogens with one attached hydrogen (secondary N) is 10. The average molecular weight is 634 g/mol. The molecule has 0 aliphatic rings. The Morgan fingerprint density at radius 2 is 0.867 bits per heavy atom. The van der Waals surface area contributed by atoms with Gasteiger partial charge < -0.3 is 36.0 Å². The van der Waals surface area contributed by atoms with Gasteiger partial charge in [0, 0.05) is 66.5 Å². The highest BCUT2D eigenvalue weighted by Gasteiger charge is 2.22. The smallest absolute Gasteiger partial charge is 0.324 e. The summed E-state index contributed by atoms with van der Waals surface area (Å²) in [6.07, 6.45) is 3.65. The van der Waals surface area contributed by atoms with Gasteiger partial charge in [0.2, 0.25) is 17.8 Å². The molecule has 3 aromatic rings. The molecule has 0 spiro atoms. The van der Waals surface area contributed by atoms with E-state index in [0.29, 0.717) is 0 Å². The number of urea groups is 5. The third-order valence-corrected chi connectivity index (χ3v) is 5.85. The molecule has 0 unspecified atom stereocenters. The van der Waals surface area contributed by atoms with Crippen LogP contribution in [0.25, 0.3) is 0 Å². The van der Waals surface area contributed by atoms with Crippen LogP contribution in [0.1, 0.15) is 0 Å². The molecular formula is C21H35N19O5. The van der Waals surface area contributed by atoms with Crippen molar-refractivity contribution in [1.29, 1.82) is 0 Å². The lowest BCUT2D eigenvalue weighted by Gasteiger charge is -2.30. The number of aromatic nitrogens is 9. The number of anilines is 3. The molecule has 0 saturated carbocycles. The zero-order valence-electron chi connectivity index (χ0n) is 24.5. The van der Waals surface area contributed by atoms with Gasteiger partial charge in [0.15, 0.2) is 0 Å². The first-order valence-corrected chi connectivity index (χ1v) is 13.4. The van der Waals surface area contributed by atoms with E-state index in [0.717, 1.165) is 0 Å². The highest BCUT2D eigenvalue weighted by molar-refractivity contribution is 5.89. The number of hydrogen-bond acceptors (Lipinski definition) is 11. The van der Waals surface area contributed by atoms with Crippen molar-refractivity contribution in [3.63, 3.8) is 0 Å². The molecule has 0 bridgehead atoms. The van der Waals surface area contributed by atoms with Crippen molar-refractivity contribution in [2.24, 2.45) is 0 Å². The average Bonchev–Trinajstić information content (AvgIpc) is 3.84. The first-order valence-electron chi connectivity index (χ1n) is 13.4. The van der Waals surface area contributed by atoms with Gasteiger partial charge in [0.1, 0.15) is 19.0 Å². The number of carbonyl (C=O) groups is 5. The van der Waals surface area contributed by atoms with Crippen molar-refractivity contribution in [2.45, 2.75) is 0 Å². The molecule has 24 nitrogen and oxygen atoms in total. The first-order chi connectivity index (χ1) is 21.8. The van der Waals surface area contributed by atoms with Crippen LogP contribution in [0.15, 0.2) is 19.0 Å². The maximum absolute atomic E-state index is 13.3. The molecule has 3 rings (SSSR count). The summed E-state index contributed by atoms with van der Waals surface area (Å²) >= 11 is 0. The van der Waals surface area contributed by atoms with Crippen molar-refractivity contribution in [2.75, 3.05) is 82.4 Å². The molecule has 0 aliphatic heterocycles. The van der Waals surface area contributed by atoms with Crippen LogP contribution in [0.3, 0.4) is 0 Å². The van der Waals surface area contributed by atoms with Gasteiger partial charge in [-0.05, 0) is 0 Å². The van der Waals surface area contributed by atoms with Gasteiger partial charge in [0.25, 0.3) is 0 Å². The van der Waals surface area contributed by atoms with Crippen LogP contribution in [-0.2, 0) is 0 Å². The summed E-state index contributed by atoms with van der Waals surface area (Å²) in [5.41, 5.74) is 0. The lowest BCUT2D eigenvalue weighted by atomic mass is 10.4. The molecule has 3 aromatic heterocycles. The Hall–Kier alpha value is -6.23. The van der Waals surface area contributed by atoms with E-state index in [-0.39, 0.29) is 70.2 Å². The second-order valence-electron chi connectivity index (χ2n) is 8.77. The Kier molecular flexibility index (Phi) is 13.1. The summed E-state index contributed by atoms with van der Waals surface area (Å²) in [4.78, 5) is 78.4. The van der Waals surface area contributed by atoms with Gasteiger partial charge in [-0.3, -0.25) is 16.0 Å². The molecule has 10 amide bonds. The summed E-state index contributed by atoms with van der Waals surface area (Å²) in [6.45, 7) is 0.312. The summed E-state index contributed by atoms with van der Waals surface area (Å²) in [6, 6.07) is -2.63. The molecule has 10 N–H and O–H groups in total. The fourth-order valence-electron chi connectivity index (χ4n) is 3.55. The minimum absolute atomic E-state index is 0.00169. The lowest BCUT2D eigenvalue weighted by molar-refractivity contribution is 0.177. The lowest BCUT2D eigenvalue weighted by Crippen LogP contribution is -2.50. The van der Waals surface area contributed by atoms with Crippen LogP contribution in [0.4, 0.5) is 41.8 Å². The second-order valence-corrected chi connectivity index (χ2v) is 8.77. The Morgan fingerprint density at radius 1 is 0.556 bits per heavy atom. The van der Waals surface area contributed by atoms with E-state index < -0.39 is 30.2 Å². The maximum atomic E-state index is 13.3. The molecule has 0 aliphatic carbocycles. The van der Waals surface area contributed by atoms with Gasteiger partial charge in [-0.1, -0.05) is 0 Å². The monoisotopic (exact) mass is 633 g/mol. The molecule has 0 fully saturated rings. The van der Waals surface area contributed by atoms with E-state index in [1.807, 2.05) is 0 Å². The molecule has 3 heterocycles. The molecule has 244 valence electrons. The summed E-state index contributed by atoms with van der Waals surface area (Å²) < 4.78 is 0. The molecule has 0 atom stereocenters. The van der Waals surface area contributed by atoms with Crippen molar-refractivity contribution in [1.82, 2.24) is 81.5 Å². The van der Waals surface area contributed by atoms with E-state index >= 15 is 0 Å². The van der Waals surface area contributed by atoms with Crippen LogP contribution in [0, 0.1) is 0 Å². The highest BCUT2D eigenvalue weighted by atomic mass is 16.2. The zero-order valence-corrected chi connectivity index (χ0v) is 24.5. The van der Waals surface area contributed by atoms with Crippen molar-refractivity contribution in [3.05, 3.63) is 19.0 Å². The van der Waals surface area contributed by atoms with Gasteiger partial charge in [0.05, 0.1) is 0 Å². The van der Waals surface area contributed by atoms with Gasteiger partial charge >= 0.3 is 30.2 Å². The fraction of sp³-hybridized carbons (Fsp3) is 0.476. The predicted molar refractivity (Wildman–Crippen MR) is 156 cm³/mol. The normalized spacial score (nSPS) is 10.3. The van der Waals surface area contributed by atoms with E-state index in [4.69, 9.17) is 0 Å². The predicted octanol–water partition coefficient (Wildman–Crippen LogP) is -2.20. The minimum atomic E-state index is -0.607. The molecule has 24 heteroatoms. The zero-order chi connectivity index (χ0) is 32.4. The summed E-state index contributed by atoms with van der Waals surface area (Å²) in [5.74, 6) is 0.278. The van der Waals surface area contributed by atoms with Crippen molar-refractivity contribution >= 4 is 48.0 Å². The molecular weight excluding hydrogens is 598 g/mol. The number of carbonyl (C=O) groups excluding carboxylic acids is 5. The van der Waals surface area contributed by atoms with Crippen molar-refractivity contribution in [3.8, 4) is 0 Å². The Balaban J connectivity index is 1.72.